The molecule has 0 spiro atoms. The molecule has 0 fully saturated rings. The minimum absolute atomic E-state index is 0.0614. The maximum atomic E-state index is 12.4. The molecule has 0 saturated heterocycles. The number of anilines is 4. The maximum Gasteiger partial charge on any atom is 0.251 e. The zero-order chi connectivity index (χ0) is 23.7. The quantitative estimate of drug-likeness (QED) is 0.142. The number of nitrogens with two attached hydrogens (primary N) is 1. The molecule has 0 radical (unpaired) electrons. The van der Waals surface area contributed by atoms with Crippen molar-refractivity contribution in [2.75, 3.05) is 75.2 Å². The van der Waals surface area contributed by atoms with Crippen LogP contribution in [0.15, 0.2) is 36.9 Å². The van der Waals surface area contributed by atoms with E-state index in [1.54, 1.807) is 30.3 Å². The Bertz CT molecular complexity index is 868. The number of nitrogens with one attached hydrogen (secondary N) is 4. The largest absolute Gasteiger partial charge is 0.395 e. The fraction of sp³-hybridized carbons (Fsp3) is 0.429. The highest BCUT2D eigenvalue weighted by Crippen LogP contribution is 2.17. The lowest BCUT2D eigenvalue weighted by Gasteiger charge is -2.11. The summed E-state index contributed by atoms with van der Waals surface area (Å²) < 4.78 is 10.6. The van der Waals surface area contributed by atoms with Gasteiger partial charge in [-0.1, -0.05) is 12.1 Å². The number of hydrogen-bond acceptors (Lipinski definition) is 11. The van der Waals surface area contributed by atoms with Crippen LogP contribution in [0, 0.1) is 0 Å². The van der Waals surface area contributed by atoms with Crippen LogP contribution in [0.1, 0.15) is 10.4 Å². The number of hydrogen-bond donors (Lipinski definition) is 6. The first-order valence-electron chi connectivity index (χ1n) is 10.6. The zero-order valence-corrected chi connectivity index (χ0v) is 18.5. The van der Waals surface area contributed by atoms with Crippen molar-refractivity contribution in [3.8, 4) is 0 Å². The number of rotatable bonds is 17. The first-order valence-corrected chi connectivity index (χ1v) is 10.6. The number of aliphatic hydroxyl groups is 1. The molecule has 0 aliphatic carbocycles. The summed E-state index contributed by atoms with van der Waals surface area (Å²) in [6, 6.07) is 6.95. The Balaban J connectivity index is 1.92. The summed E-state index contributed by atoms with van der Waals surface area (Å²) in [6.45, 7) is 7.02. The van der Waals surface area contributed by atoms with E-state index in [-0.39, 0.29) is 18.5 Å². The summed E-state index contributed by atoms with van der Waals surface area (Å²) in [4.78, 5) is 25.3. The lowest BCUT2D eigenvalue weighted by atomic mass is 10.2. The van der Waals surface area contributed by atoms with Crippen molar-refractivity contribution in [3.63, 3.8) is 0 Å². The molecule has 180 valence electrons. The van der Waals surface area contributed by atoms with E-state index >= 15 is 0 Å². The van der Waals surface area contributed by atoms with Gasteiger partial charge in [-0.05, 0) is 18.2 Å². The molecule has 2 aromatic rings. The average molecular weight is 461 g/mol. The highest BCUT2D eigenvalue weighted by molar-refractivity contribution is 5.95. The number of benzene rings is 1. The van der Waals surface area contributed by atoms with E-state index in [1.165, 1.54) is 0 Å². The van der Waals surface area contributed by atoms with E-state index in [9.17, 15) is 4.79 Å². The lowest BCUT2D eigenvalue weighted by Crippen LogP contribution is -2.27. The molecular weight excluding hydrogens is 428 g/mol. The van der Waals surface area contributed by atoms with Gasteiger partial charge in [0.15, 0.2) is 0 Å². The van der Waals surface area contributed by atoms with Crippen molar-refractivity contribution in [1.29, 1.82) is 0 Å². The molecule has 0 unspecified atom stereocenters. The van der Waals surface area contributed by atoms with Gasteiger partial charge in [0.2, 0.25) is 17.8 Å². The Kier molecular flexibility index (Phi) is 12.2. The zero-order valence-electron chi connectivity index (χ0n) is 18.5. The van der Waals surface area contributed by atoms with E-state index < -0.39 is 0 Å². The first-order chi connectivity index (χ1) is 16.2. The predicted molar refractivity (Wildman–Crippen MR) is 127 cm³/mol. The number of aliphatic hydroxyl groups excluding tert-OH is 1. The van der Waals surface area contributed by atoms with Crippen molar-refractivity contribution in [2.24, 2.45) is 5.73 Å². The summed E-state index contributed by atoms with van der Waals surface area (Å²) in [7, 11) is 0. The Hall–Kier alpha value is -3.32. The molecule has 0 aliphatic rings. The van der Waals surface area contributed by atoms with Crippen molar-refractivity contribution >= 4 is 29.4 Å². The van der Waals surface area contributed by atoms with Crippen LogP contribution in [0.25, 0.3) is 0 Å². The molecular formula is C21H32N8O4. The molecule has 0 atom stereocenters. The molecule has 33 heavy (non-hydrogen) atoms. The second-order valence-electron chi connectivity index (χ2n) is 6.60. The SMILES string of the molecule is C=CCNc1nc(NCCO)nc(Nc2cccc(C(=O)NCCOCCOCCN)c2)n1. The summed E-state index contributed by atoms with van der Waals surface area (Å²) in [5.41, 5.74) is 6.44. The van der Waals surface area contributed by atoms with Gasteiger partial charge in [0.25, 0.3) is 5.91 Å². The molecule has 7 N–H and O–H groups in total. The van der Waals surface area contributed by atoms with Crippen LogP contribution in [0.4, 0.5) is 23.5 Å². The Morgan fingerprint density at radius 3 is 2.48 bits per heavy atom. The third kappa shape index (κ3) is 10.2. The van der Waals surface area contributed by atoms with Crippen LogP contribution >= 0.6 is 0 Å². The third-order valence-corrected chi connectivity index (χ3v) is 3.98. The van der Waals surface area contributed by atoms with Crippen molar-refractivity contribution in [3.05, 3.63) is 42.5 Å². The van der Waals surface area contributed by atoms with E-state index in [0.717, 1.165) is 0 Å². The van der Waals surface area contributed by atoms with E-state index in [2.05, 4.69) is 42.8 Å². The molecule has 1 aromatic carbocycles. The van der Waals surface area contributed by atoms with Crippen LogP contribution in [-0.4, -0.2) is 85.2 Å². The summed E-state index contributed by atoms with van der Waals surface area (Å²) in [6.07, 6.45) is 1.68. The highest BCUT2D eigenvalue weighted by atomic mass is 16.5. The Morgan fingerprint density at radius 1 is 1.03 bits per heavy atom. The van der Waals surface area contributed by atoms with Crippen LogP contribution < -0.4 is 27.0 Å². The first kappa shape index (κ1) is 25.9. The number of carbonyl (C=O) groups excluding carboxylic acids is 1. The van der Waals surface area contributed by atoms with Crippen LogP contribution in [0.2, 0.25) is 0 Å². The fourth-order valence-corrected chi connectivity index (χ4v) is 2.53. The maximum absolute atomic E-state index is 12.4. The van der Waals surface area contributed by atoms with Crippen LogP contribution in [0.3, 0.4) is 0 Å². The molecule has 1 amide bonds. The minimum Gasteiger partial charge on any atom is -0.395 e. The highest BCUT2D eigenvalue weighted by Gasteiger charge is 2.09. The molecule has 12 heteroatoms. The standard InChI is InChI=1S/C21H32N8O4/c1-2-7-24-19-27-20(25-8-10-30)29-21(28-19)26-17-5-3-4-16(15-17)18(31)23-9-12-33-14-13-32-11-6-22/h2-5,15,30H,1,6-14,22H2,(H,23,31)(H3,24,25,26,27,28,29). The van der Waals surface area contributed by atoms with Gasteiger partial charge in [0.05, 0.1) is 33.0 Å². The molecule has 1 aromatic heterocycles. The summed E-state index contributed by atoms with van der Waals surface area (Å²) in [5, 5.41) is 20.8. The topological polar surface area (TPSA) is 169 Å². The van der Waals surface area contributed by atoms with Crippen LogP contribution in [-0.2, 0) is 9.47 Å². The molecule has 2 rings (SSSR count). The normalized spacial score (nSPS) is 10.5. The smallest absolute Gasteiger partial charge is 0.251 e. The average Bonchev–Trinajstić information content (AvgIpc) is 2.83. The molecule has 0 aliphatic heterocycles. The molecule has 12 nitrogen and oxygen atoms in total. The van der Waals surface area contributed by atoms with Gasteiger partial charge in [-0.3, -0.25) is 4.79 Å². The number of aromatic nitrogens is 3. The summed E-state index contributed by atoms with van der Waals surface area (Å²) >= 11 is 0. The lowest BCUT2D eigenvalue weighted by molar-refractivity contribution is 0.0511. The van der Waals surface area contributed by atoms with Gasteiger partial charge in [0.1, 0.15) is 0 Å². The van der Waals surface area contributed by atoms with Gasteiger partial charge >= 0.3 is 0 Å². The number of carbonyl (C=O) groups is 1. The third-order valence-electron chi connectivity index (χ3n) is 3.98. The van der Waals surface area contributed by atoms with Crippen molar-refractivity contribution < 1.29 is 19.4 Å². The summed E-state index contributed by atoms with van der Waals surface area (Å²) in [5.74, 6) is 0.696. The van der Waals surface area contributed by atoms with E-state index in [1.807, 2.05) is 0 Å². The number of amides is 1. The Morgan fingerprint density at radius 2 is 1.76 bits per heavy atom. The monoisotopic (exact) mass is 460 g/mol. The predicted octanol–water partition coefficient (Wildman–Crippen LogP) is 0.339. The molecule has 0 bridgehead atoms. The van der Waals surface area contributed by atoms with E-state index in [4.69, 9.17) is 20.3 Å². The van der Waals surface area contributed by atoms with Gasteiger partial charge in [-0.15, -0.1) is 6.58 Å². The van der Waals surface area contributed by atoms with Gasteiger partial charge in [-0.2, -0.15) is 15.0 Å². The van der Waals surface area contributed by atoms with Gasteiger partial charge in [-0.25, -0.2) is 0 Å². The van der Waals surface area contributed by atoms with Crippen molar-refractivity contribution in [2.45, 2.75) is 0 Å². The minimum atomic E-state index is -0.226. The molecule has 1 heterocycles. The van der Waals surface area contributed by atoms with Crippen LogP contribution in [0.5, 0.6) is 0 Å². The Labute approximate surface area is 193 Å². The van der Waals surface area contributed by atoms with Crippen molar-refractivity contribution in [1.82, 2.24) is 20.3 Å². The number of nitrogens with zero attached hydrogens (tertiary/aromatic N) is 3. The second-order valence-corrected chi connectivity index (χ2v) is 6.60. The fourth-order valence-electron chi connectivity index (χ4n) is 2.53. The number of ether oxygens (including phenoxy) is 2. The van der Waals surface area contributed by atoms with Gasteiger partial charge in [0, 0.05) is 37.4 Å². The van der Waals surface area contributed by atoms with E-state index in [0.29, 0.717) is 75.8 Å². The molecule has 0 saturated carbocycles. The van der Waals surface area contributed by atoms with Gasteiger partial charge < -0.3 is 41.6 Å². The second kappa shape index (κ2) is 15.5.